The van der Waals surface area contributed by atoms with Crippen LogP contribution >= 0.6 is 0 Å². The topological polar surface area (TPSA) is 126 Å². The van der Waals surface area contributed by atoms with Crippen molar-refractivity contribution >= 4 is 38.1 Å². The van der Waals surface area contributed by atoms with Crippen molar-refractivity contribution in [3.8, 4) is 22.8 Å². The highest BCUT2D eigenvalue weighted by Gasteiger charge is 2.25. The molecule has 184 valence electrons. The van der Waals surface area contributed by atoms with E-state index < -0.39 is 15.9 Å². The molecule has 0 spiro atoms. The molecule has 2 heterocycles. The van der Waals surface area contributed by atoms with Crippen LogP contribution in [0.15, 0.2) is 71.6 Å². The number of ether oxygens (including phenoxy) is 1. The van der Waals surface area contributed by atoms with Crippen LogP contribution in [-0.4, -0.2) is 46.4 Å². The third-order valence-electron chi connectivity index (χ3n) is 5.88. The van der Waals surface area contributed by atoms with Gasteiger partial charge in [-0.05, 0) is 61.9 Å². The van der Waals surface area contributed by atoms with E-state index in [0.717, 1.165) is 11.8 Å². The number of aromatic nitrogens is 3. The Morgan fingerprint density at radius 3 is 2.53 bits per heavy atom. The van der Waals surface area contributed by atoms with Gasteiger partial charge in [-0.2, -0.15) is 0 Å². The number of hydrogen-bond acceptors (Lipinski definition) is 6. The maximum Gasteiger partial charge on any atom is 0.265 e. The minimum absolute atomic E-state index is 0.113. The number of carbonyl (C=O) groups is 1. The van der Waals surface area contributed by atoms with Gasteiger partial charge in [0.25, 0.3) is 5.91 Å². The number of rotatable bonds is 6. The number of aryl methyl sites for hydroxylation is 1. The molecular formula is C26H24N4O5S. The van der Waals surface area contributed by atoms with Crippen LogP contribution in [0.25, 0.3) is 27.9 Å². The number of aromatic amines is 1. The van der Waals surface area contributed by atoms with E-state index in [0.29, 0.717) is 39.4 Å². The molecule has 3 N–H and O–H groups in total. The maximum absolute atomic E-state index is 12.7. The number of hydrogen-bond donors (Lipinski definition) is 3. The van der Waals surface area contributed by atoms with Crippen molar-refractivity contribution in [1.29, 1.82) is 0 Å². The Hall–Kier alpha value is -4.31. The van der Waals surface area contributed by atoms with E-state index in [1.807, 2.05) is 24.3 Å². The van der Waals surface area contributed by atoms with E-state index >= 15 is 0 Å². The number of benzene rings is 3. The molecule has 0 aliphatic rings. The van der Waals surface area contributed by atoms with Crippen LogP contribution in [0.5, 0.6) is 11.5 Å². The lowest BCUT2D eigenvalue weighted by Gasteiger charge is -2.15. The summed E-state index contributed by atoms with van der Waals surface area (Å²) < 4.78 is 32.7. The summed E-state index contributed by atoms with van der Waals surface area (Å²) in [6.07, 6.45) is 0.375. The highest BCUT2D eigenvalue weighted by molar-refractivity contribution is 7.91. The largest absolute Gasteiger partial charge is 0.508 e. The van der Waals surface area contributed by atoms with Crippen LogP contribution in [-0.2, 0) is 14.6 Å². The minimum Gasteiger partial charge on any atom is -0.508 e. The molecule has 5 rings (SSSR count). The number of fused-ring (bicyclic) bond motifs is 3. The highest BCUT2D eigenvalue weighted by atomic mass is 32.2. The zero-order valence-corrected chi connectivity index (χ0v) is 20.6. The molecule has 0 radical (unpaired) electrons. The van der Waals surface area contributed by atoms with Crippen molar-refractivity contribution in [2.45, 2.75) is 24.8 Å². The van der Waals surface area contributed by atoms with E-state index in [2.05, 4.69) is 15.4 Å². The fourth-order valence-electron chi connectivity index (χ4n) is 4.04. The number of phenols is 1. The maximum atomic E-state index is 12.7. The van der Waals surface area contributed by atoms with Crippen LogP contribution in [0.1, 0.15) is 12.5 Å². The summed E-state index contributed by atoms with van der Waals surface area (Å²) in [6.45, 7) is 3.37. The van der Waals surface area contributed by atoms with Crippen molar-refractivity contribution < 1.29 is 23.1 Å². The first kappa shape index (κ1) is 23.4. The average molecular weight is 505 g/mol. The van der Waals surface area contributed by atoms with E-state index in [4.69, 9.17) is 4.74 Å². The number of nitrogens with one attached hydrogen (secondary N) is 2. The third kappa shape index (κ3) is 4.27. The van der Waals surface area contributed by atoms with E-state index in [1.165, 1.54) is 6.07 Å². The van der Waals surface area contributed by atoms with Crippen molar-refractivity contribution in [2.24, 2.45) is 0 Å². The van der Waals surface area contributed by atoms with Gasteiger partial charge in [-0.25, -0.2) is 17.9 Å². The Balaban J connectivity index is 1.40. The molecule has 0 fully saturated rings. The van der Waals surface area contributed by atoms with Gasteiger partial charge in [0.1, 0.15) is 16.4 Å². The first-order valence-corrected chi connectivity index (χ1v) is 13.1. The van der Waals surface area contributed by atoms with Gasteiger partial charge in [-0.1, -0.05) is 24.3 Å². The molecule has 5 aromatic rings. The highest BCUT2D eigenvalue weighted by Crippen LogP contribution is 2.32. The standard InChI is InChI=1S/C26H24N4O5S/c1-15-14-19(12-13-22(15)31)35-16(2)26(32)27-18-10-8-17(9-11-18)23-24(36(3,33)34)25-28-20-6-4-5-7-21(20)30(25)29-23/h4-14,16,29,31H,1-3H3,(H,27,32). The van der Waals surface area contributed by atoms with Crippen LogP contribution in [0.4, 0.5) is 5.69 Å². The number of nitrogens with zero attached hydrogens (tertiary/aromatic N) is 2. The van der Waals surface area contributed by atoms with Crippen LogP contribution in [0.2, 0.25) is 0 Å². The number of imidazole rings is 1. The zero-order valence-electron chi connectivity index (χ0n) is 19.8. The summed E-state index contributed by atoms with van der Waals surface area (Å²) >= 11 is 0. The average Bonchev–Trinajstić information content (AvgIpc) is 3.38. The number of anilines is 1. The van der Waals surface area contributed by atoms with Crippen molar-refractivity contribution in [3.63, 3.8) is 0 Å². The summed E-state index contributed by atoms with van der Waals surface area (Å²) in [7, 11) is -3.61. The number of para-hydroxylation sites is 2. The fraction of sp³-hybridized carbons (Fsp3) is 0.154. The molecule has 1 unspecified atom stereocenters. The molecule has 0 aliphatic carbocycles. The summed E-state index contributed by atoms with van der Waals surface area (Å²) in [6, 6.07) is 19.0. The molecule has 10 heteroatoms. The van der Waals surface area contributed by atoms with Gasteiger partial charge in [0.15, 0.2) is 21.6 Å². The molecule has 3 aromatic carbocycles. The number of H-pyrrole nitrogens is 1. The number of amides is 1. The first-order valence-electron chi connectivity index (χ1n) is 11.2. The van der Waals surface area contributed by atoms with E-state index in [-0.39, 0.29) is 16.6 Å². The molecule has 9 nitrogen and oxygen atoms in total. The second-order valence-corrected chi connectivity index (χ2v) is 10.6. The molecule has 0 saturated heterocycles. The number of carbonyl (C=O) groups excluding carboxylic acids is 1. The number of sulfone groups is 1. The number of aromatic hydroxyl groups is 1. The predicted molar refractivity (Wildman–Crippen MR) is 137 cm³/mol. The second-order valence-electron chi connectivity index (χ2n) is 8.62. The quantitative estimate of drug-likeness (QED) is 0.316. The Kier molecular flexibility index (Phi) is 5.68. The van der Waals surface area contributed by atoms with Crippen molar-refractivity contribution in [3.05, 3.63) is 72.3 Å². The van der Waals surface area contributed by atoms with Gasteiger partial charge < -0.3 is 15.2 Å². The predicted octanol–water partition coefficient (Wildman–Crippen LogP) is 4.31. The summed E-state index contributed by atoms with van der Waals surface area (Å²) in [5.41, 5.74) is 4.02. The van der Waals surface area contributed by atoms with Crippen molar-refractivity contribution in [2.75, 3.05) is 11.6 Å². The molecule has 1 atom stereocenters. The minimum atomic E-state index is -3.61. The molecule has 0 saturated carbocycles. The lowest BCUT2D eigenvalue weighted by Crippen LogP contribution is -2.30. The van der Waals surface area contributed by atoms with E-state index in [9.17, 15) is 18.3 Å². The van der Waals surface area contributed by atoms with Gasteiger partial charge >= 0.3 is 0 Å². The smallest absolute Gasteiger partial charge is 0.265 e. The van der Waals surface area contributed by atoms with Crippen LogP contribution in [0.3, 0.4) is 0 Å². The molecular weight excluding hydrogens is 480 g/mol. The molecule has 0 bridgehead atoms. The van der Waals surface area contributed by atoms with Gasteiger partial charge in [-0.3, -0.25) is 9.89 Å². The lowest BCUT2D eigenvalue weighted by molar-refractivity contribution is -0.122. The molecule has 36 heavy (non-hydrogen) atoms. The fourth-order valence-corrected chi connectivity index (χ4v) is 5.04. The monoisotopic (exact) mass is 504 g/mol. The van der Waals surface area contributed by atoms with Crippen LogP contribution < -0.4 is 10.1 Å². The van der Waals surface area contributed by atoms with Gasteiger partial charge in [0, 0.05) is 17.5 Å². The Bertz CT molecular complexity index is 1720. The molecule has 2 aromatic heterocycles. The summed E-state index contributed by atoms with van der Waals surface area (Å²) in [5.74, 6) is 0.276. The summed E-state index contributed by atoms with van der Waals surface area (Å²) in [5, 5.41) is 15.6. The Morgan fingerprint density at radius 1 is 1.11 bits per heavy atom. The lowest BCUT2D eigenvalue weighted by atomic mass is 10.1. The van der Waals surface area contributed by atoms with Crippen LogP contribution in [0, 0.1) is 6.92 Å². The van der Waals surface area contributed by atoms with Gasteiger partial charge in [-0.15, -0.1) is 0 Å². The van der Waals surface area contributed by atoms with Gasteiger partial charge in [0.05, 0.1) is 16.7 Å². The van der Waals surface area contributed by atoms with Crippen molar-refractivity contribution in [1.82, 2.24) is 14.6 Å². The Morgan fingerprint density at radius 2 is 1.83 bits per heavy atom. The first-order chi connectivity index (χ1) is 17.1. The van der Waals surface area contributed by atoms with Gasteiger partial charge in [0.2, 0.25) is 0 Å². The molecule has 0 aliphatic heterocycles. The van der Waals surface area contributed by atoms with E-state index in [1.54, 1.807) is 54.8 Å². The SMILES string of the molecule is Cc1cc(OC(C)C(=O)Nc2ccc(-c3[nH]n4c(nc5ccccc54)c3S(C)(=O)=O)cc2)ccc1O. The normalized spacial score (nSPS) is 12.6. The summed E-state index contributed by atoms with van der Waals surface area (Å²) in [4.78, 5) is 17.3. The Labute approximate surface area is 207 Å². The number of phenolic OH excluding ortho intramolecular Hbond substituents is 1. The second kappa shape index (κ2) is 8.72. The molecule has 1 amide bonds. The zero-order chi connectivity index (χ0) is 25.6. The third-order valence-corrected chi connectivity index (χ3v) is 7.01.